The van der Waals surface area contributed by atoms with Gasteiger partial charge in [-0.05, 0) is 17.5 Å². The van der Waals surface area contributed by atoms with Gasteiger partial charge in [0.2, 0.25) is 5.82 Å². The SMILES string of the molecule is NC[C@H](O)c1nc(-c2ccc(F)c3ccccc23)no1. The Morgan fingerprint density at radius 3 is 2.70 bits per heavy atom. The minimum Gasteiger partial charge on any atom is -0.382 e. The molecule has 0 radical (unpaired) electrons. The van der Waals surface area contributed by atoms with E-state index >= 15 is 0 Å². The van der Waals surface area contributed by atoms with Crippen LogP contribution in [0.3, 0.4) is 0 Å². The average molecular weight is 273 g/mol. The molecule has 0 fully saturated rings. The number of halogens is 1. The molecular formula is C14H12FN3O2. The number of aliphatic hydroxyl groups is 1. The predicted molar refractivity (Wildman–Crippen MR) is 71.2 cm³/mol. The van der Waals surface area contributed by atoms with E-state index in [0.717, 1.165) is 0 Å². The molecule has 1 atom stereocenters. The van der Waals surface area contributed by atoms with Gasteiger partial charge in [-0.3, -0.25) is 0 Å². The van der Waals surface area contributed by atoms with Crippen molar-refractivity contribution in [1.82, 2.24) is 10.1 Å². The Balaban J connectivity index is 2.15. The van der Waals surface area contributed by atoms with Crippen LogP contribution in [0.2, 0.25) is 0 Å². The van der Waals surface area contributed by atoms with Crippen molar-refractivity contribution in [3.8, 4) is 11.4 Å². The number of nitrogens with zero attached hydrogens (tertiary/aromatic N) is 2. The molecule has 0 spiro atoms. The summed E-state index contributed by atoms with van der Waals surface area (Å²) in [6, 6.07) is 9.97. The van der Waals surface area contributed by atoms with Crippen molar-refractivity contribution in [2.45, 2.75) is 6.10 Å². The molecule has 0 amide bonds. The molecule has 6 heteroatoms. The number of hydrogen-bond donors (Lipinski definition) is 2. The van der Waals surface area contributed by atoms with Gasteiger partial charge in [-0.1, -0.05) is 29.4 Å². The zero-order chi connectivity index (χ0) is 14.1. The van der Waals surface area contributed by atoms with Crippen LogP contribution in [-0.4, -0.2) is 21.8 Å². The van der Waals surface area contributed by atoms with Crippen LogP contribution in [0.5, 0.6) is 0 Å². The summed E-state index contributed by atoms with van der Waals surface area (Å²) >= 11 is 0. The largest absolute Gasteiger partial charge is 0.382 e. The first-order valence-electron chi connectivity index (χ1n) is 6.10. The van der Waals surface area contributed by atoms with Gasteiger partial charge in [-0.15, -0.1) is 0 Å². The van der Waals surface area contributed by atoms with Crippen molar-refractivity contribution >= 4 is 10.8 Å². The molecule has 0 bridgehead atoms. The summed E-state index contributed by atoms with van der Waals surface area (Å²) in [6.07, 6.45) is -0.997. The molecule has 2 aromatic carbocycles. The second-order valence-corrected chi connectivity index (χ2v) is 4.35. The number of aromatic nitrogens is 2. The summed E-state index contributed by atoms with van der Waals surface area (Å²) in [7, 11) is 0. The molecule has 1 heterocycles. The molecule has 0 aliphatic heterocycles. The normalized spacial score (nSPS) is 12.8. The van der Waals surface area contributed by atoms with E-state index in [2.05, 4.69) is 10.1 Å². The lowest BCUT2D eigenvalue weighted by Gasteiger charge is -2.03. The number of rotatable bonds is 3. The quantitative estimate of drug-likeness (QED) is 0.762. The van der Waals surface area contributed by atoms with Crippen LogP contribution >= 0.6 is 0 Å². The number of hydrogen-bond acceptors (Lipinski definition) is 5. The highest BCUT2D eigenvalue weighted by Gasteiger charge is 2.17. The van der Waals surface area contributed by atoms with Crippen LogP contribution in [0.15, 0.2) is 40.9 Å². The highest BCUT2D eigenvalue weighted by molar-refractivity contribution is 5.95. The fourth-order valence-electron chi connectivity index (χ4n) is 2.04. The Hall–Kier alpha value is -2.31. The molecule has 0 aliphatic rings. The number of aliphatic hydroxyl groups excluding tert-OH is 1. The lowest BCUT2D eigenvalue weighted by molar-refractivity contribution is 0.141. The molecule has 1 aromatic heterocycles. The van der Waals surface area contributed by atoms with Crippen molar-refractivity contribution in [2.24, 2.45) is 5.73 Å². The Kier molecular flexibility index (Phi) is 3.17. The lowest BCUT2D eigenvalue weighted by Crippen LogP contribution is -2.11. The van der Waals surface area contributed by atoms with Crippen LogP contribution in [0, 0.1) is 5.82 Å². The van der Waals surface area contributed by atoms with Gasteiger partial charge in [-0.25, -0.2) is 4.39 Å². The average Bonchev–Trinajstić information content (AvgIpc) is 2.97. The summed E-state index contributed by atoms with van der Waals surface area (Å²) in [6.45, 7) is -0.00814. The van der Waals surface area contributed by atoms with E-state index in [4.69, 9.17) is 10.3 Å². The van der Waals surface area contributed by atoms with E-state index in [1.807, 2.05) is 0 Å². The van der Waals surface area contributed by atoms with Crippen molar-refractivity contribution in [3.63, 3.8) is 0 Å². The summed E-state index contributed by atoms with van der Waals surface area (Å²) in [5.41, 5.74) is 5.98. The van der Waals surface area contributed by atoms with E-state index in [-0.39, 0.29) is 18.3 Å². The van der Waals surface area contributed by atoms with Gasteiger partial charge < -0.3 is 15.4 Å². The van der Waals surface area contributed by atoms with Crippen LogP contribution in [0.25, 0.3) is 22.2 Å². The monoisotopic (exact) mass is 273 g/mol. The minimum absolute atomic E-state index is 0.00814. The fourth-order valence-corrected chi connectivity index (χ4v) is 2.04. The molecule has 3 N–H and O–H groups in total. The number of nitrogens with two attached hydrogens (primary N) is 1. The summed E-state index contributed by atoms with van der Waals surface area (Å²) < 4.78 is 18.7. The summed E-state index contributed by atoms with van der Waals surface area (Å²) in [4.78, 5) is 4.10. The molecule has 0 saturated carbocycles. The third-order valence-corrected chi connectivity index (χ3v) is 3.06. The van der Waals surface area contributed by atoms with Crippen LogP contribution in [-0.2, 0) is 0 Å². The molecule has 0 saturated heterocycles. The first-order valence-corrected chi connectivity index (χ1v) is 6.10. The number of benzene rings is 2. The molecule has 0 aliphatic carbocycles. The molecule has 5 nitrogen and oxygen atoms in total. The Morgan fingerprint density at radius 2 is 1.95 bits per heavy atom. The smallest absolute Gasteiger partial charge is 0.257 e. The third-order valence-electron chi connectivity index (χ3n) is 3.06. The van der Waals surface area contributed by atoms with E-state index in [9.17, 15) is 9.50 Å². The van der Waals surface area contributed by atoms with Crippen molar-refractivity contribution < 1.29 is 14.0 Å². The second kappa shape index (κ2) is 4.99. The zero-order valence-electron chi connectivity index (χ0n) is 10.5. The number of fused-ring (bicyclic) bond motifs is 1. The van der Waals surface area contributed by atoms with Gasteiger partial charge in [0.1, 0.15) is 11.9 Å². The molecule has 3 aromatic rings. The van der Waals surface area contributed by atoms with Crippen LogP contribution in [0.4, 0.5) is 4.39 Å². The fraction of sp³-hybridized carbons (Fsp3) is 0.143. The van der Waals surface area contributed by atoms with Crippen LogP contribution in [0.1, 0.15) is 12.0 Å². The summed E-state index contributed by atoms with van der Waals surface area (Å²) in [5, 5.41) is 14.5. The highest BCUT2D eigenvalue weighted by Crippen LogP contribution is 2.29. The zero-order valence-corrected chi connectivity index (χ0v) is 10.5. The lowest BCUT2D eigenvalue weighted by atomic mass is 10.0. The van der Waals surface area contributed by atoms with Crippen molar-refractivity contribution in [2.75, 3.05) is 6.54 Å². The third kappa shape index (κ3) is 2.04. The molecular weight excluding hydrogens is 261 g/mol. The van der Waals surface area contributed by atoms with Crippen molar-refractivity contribution in [3.05, 3.63) is 48.1 Å². The van der Waals surface area contributed by atoms with E-state index in [1.54, 1.807) is 30.3 Å². The maximum absolute atomic E-state index is 13.7. The maximum Gasteiger partial charge on any atom is 0.257 e. The highest BCUT2D eigenvalue weighted by atomic mass is 19.1. The Bertz CT molecular complexity index is 757. The summed E-state index contributed by atoms with van der Waals surface area (Å²) in [5.74, 6) is 0.0367. The van der Waals surface area contributed by atoms with E-state index in [0.29, 0.717) is 22.2 Å². The van der Waals surface area contributed by atoms with E-state index < -0.39 is 6.10 Å². The van der Waals surface area contributed by atoms with E-state index in [1.165, 1.54) is 6.07 Å². The van der Waals surface area contributed by atoms with Gasteiger partial charge in [0.05, 0.1) is 0 Å². The molecule has 0 unspecified atom stereocenters. The first kappa shape index (κ1) is 12.7. The first-order chi connectivity index (χ1) is 9.70. The van der Waals surface area contributed by atoms with Gasteiger partial charge in [0, 0.05) is 17.5 Å². The second-order valence-electron chi connectivity index (χ2n) is 4.35. The molecule has 20 heavy (non-hydrogen) atoms. The molecule has 3 rings (SSSR count). The van der Waals surface area contributed by atoms with Crippen molar-refractivity contribution in [1.29, 1.82) is 0 Å². The topological polar surface area (TPSA) is 85.2 Å². The molecule has 102 valence electrons. The van der Waals surface area contributed by atoms with Crippen LogP contribution < -0.4 is 5.73 Å². The van der Waals surface area contributed by atoms with Gasteiger partial charge in [0.25, 0.3) is 5.89 Å². The standard InChI is InChI=1S/C14H12FN3O2/c15-11-6-5-10(8-3-1-2-4-9(8)11)13-17-14(20-18-13)12(19)7-16/h1-6,12,19H,7,16H2/t12-/m0/s1. The van der Waals surface area contributed by atoms with Gasteiger partial charge >= 0.3 is 0 Å². The maximum atomic E-state index is 13.7. The predicted octanol–water partition coefficient (Wildman–Crippen LogP) is 2.02. The Labute approximate surface area is 113 Å². The Morgan fingerprint density at radius 1 is 1.20 bits per heavy atom. The van der Waals surface area contributed by atoms with Gasteiger partial charge in [0.15, 0.2) is 0 Å². The van der Waals surface area contributed by atoms with Gasteiger partial charge in [-0.2, -0.15) is 4.98 Å². The minimum atomic E-state index is -0.997.